The third-order valence-electron chi connectivity index (χ3n) is 5.97. The van der Waals surface area contributed by atoms with Gasteiger partial charge in [-0.1, -0.05) is 48.5 Å². The van der Waals surface area contributed by atoms with Crippen LogP contribution in [0.25, 0.3) is 0 Å². The van der Waals surface area contributed by atoms with E-state index < -0.39 is 5.41 Å². The maximum absolute atomic E-state index is 13.6. The highest BCUT2D eigenvalue weighted by Gasteiger charge is 2.63. The summed E-state index contributed by atoms with van der Waals surface area (Å²) in [5, 5.41) is 9.94. The summed E-state index contributed by atoms with van der Waals surface area (Å²) in [5.41, 5.74) is 6.84. The predicted molar refractivity (Wildman–Crippen MR) is 108 cm³/mol. The molecule has 0 aliphatic carbocycles. The maximum Gasteiger partial charge on any atom is 0.255 e. The molecule has 7 heteroatoms. The Balaban J connectivity index is 1.69. The van der Waals surface area contributed by atoms with Gasteiger partial charge in [0.2, 0.25) is 11.8 Å². The lowest BCUT2D eigenvalue weighted by Crippen LogP contribution is -2.47. The Morgan fingerprint density at radius 3 is 2.57 bits per heavy atom. The molecule has 1 atom stereocenters. The number of carbonyl (C=O) groups is 2. The number of fused-ring (bicyclic) bond motifs is 3. The Morgan fingerprint density at radius 2 is 1.83 bits per heavy atom. The summed E-state index contributed by atoms with van der Waals surface area (Å²) in [7, 11) is 1.64. The van der Waals surface area contributed by atoms with Gasteiger partial charge in [0.15, 0.2) is 5.41 Å². The monoisotopic (exact) mass is 398 g/mol. The van der Waals surface area contributed by atoms with Crippen LogP contribution in [-0.4, -0.2) is 30.3 Å². The number of nitriles is 1. The number of likely N-dealkylation sites (N-methyl/N-ethyl adjacent to an activating group) is 1. The zero-order valence-corrected chi connectivity index (χ0v) is 16.3. The quantitative estimate of drug-likeness (QED) is 0.833. The second kappa shape index (κ2) is 6.22. The van der Waals surface area contributed by atoms with Gasteiger partial charge in [-0.05, 0) is 11.6 Å². The number of hydrogen-bond donors (Lipinski definition) is 1. The Bertz CT molecular complexity index is 1210. The molecule has 2 aromatic carbocycles. The minimum atomic E-state index is -1.58. The molecule has 2 aromatic rings. The standard InChI is InChI=1S/C23H18N4O3/c1-26-17-10-6-5-9-15(17)23(22(26)29)16(11-24)20(25)30-18-13-27(21(28)19(18)23)12-14-7-3-2-4-8-14/h2-10H,12-13,25H2,1H3. The number of ether oxygens (including phenoxy) is 1. The van der Waals surface area contributed by atoms with E-state index in [1.54, 1.807) is 30.1 Å². The molecule has 0 bridgehead atoms. The molecule has 5 rings (SSSR count). The lowest BCUT2D eigenvalue weighted by Gasteiger charge is -2.32. The normalized spacial score (nSPS) is 22.4. The van der Waals surface area contributed by atoms with Gasteiger partial charge in [0.1, 0.15) is 17.4 Å². The van der Waals surface area contributed by atoms with E-state index in [1.807, 2.05) is 36.4 Å². The smallest absolute Gasteiger partial charge is 0.255 e. The predicted octanol–water partition coefficient (Wildman–Crippen LogP) is 1.92. The number of para-hydroxylation sites is 1. The molecule has 3 aliphatic heterocycles. The maximum atomic E-state index is 13.6. The number of anilines is 1. The highest BCUT2D eigenvalue weighted by molar-refractivity contribution is 6.19. The average molecular weight is 398 g/mol. The van der Waals surface area contributed by atoms with E-state index in [1.165, 1.54) is 4.90 Å². The lowest BCUT2D eigenvalue weighted by molar-refractivity contribution is -0.129. The van der Waals surface area contributed by atoms with E-state index in [2.05, 4.69) is 6.07 Å². The topological polar surface area (TPSA) is 99.7 Å². The molecule has 0 saturated heterocycles. The molecule has 0 fully saturated rings. The number of rotatable bonds is 2. The first kappa shape index (κ1) is 18.0. The first-order valence-electron chi connectivity index (χ1n) is 9.52. The van der Waals surface area contributed by atoms with Crippen LogP contribution in [0.4, 0.5) is 5.69 Å². The molecule has 2 amide bonds. The van der Waals surface area contributed by atoms with E-state index in [0.29, 0.717) is 23.6 Å². The minimum Gasteiger partial charge on any atom is -0.442 e. The van der Waals surface area contributed by atoms with Crippen LogP contribution in [-0.2, 0) is 26.3 Å². The molecule has 0 saturated carbocycles. The highest BCUT2D eigenvalue weighted by Crippen LogP contribution is 2.55. The van der Waals surface area contributed by atoms with Gasteiger partial charge in [0.25, 0.3) is 5.91 Å². The molecule has 0 aromatic heterocycles. The van der Waals surface area contributed by atoms with Gasteiger partial charge in [0.05, 0.1) is 12.1 Å². The average Bonchev–Trinajstić information content (AvgIpc) is 3.17. The van der Waals surface area contributed by atoms with Gasteiger partial charge in [-0.2, -0.15) is 5.26 Å². The van der Waals surface area contributed by atoms with Crippen molar-refractivity contribution in [2.75, 3.05) is 18.5 Å². The van der Waals surface area contributed by atoms with Crippen molar-refractivity contribution in [3.8, 4) is 6.07 Å². The molecule has 3 heterocycles. The number of benzene rings is 2. The van der Waals surface area contributed by atoms with Crippen molar-refractivity contribution in [3.05, 3.63) is 88.5 Å². The van der Waals surface area contributed by atoms with Crippen LogP contribution in [0.1, 0.15) is 11.1 Å². The van der Waals surface area contributed by atoms with Gasteiger partial charge in [-0.15, -0.1) is 0 Å². The molecule has 7 nitrogen and oxygen atoms in total. The van der Waals surface area contributed by atoms with Crippen LogP contribution < -0.4 is 10.6 Å². The van der Waals surface area contributed by atoms with Crippen molar-refractivity contribution in [2.45, 2.75) is 12.0 Å². The zero-order chi connectivity index (χ0) is 21.0. The van der Waals surface area contributed by atoms with Gasteiger partial charge >= 0.3 is 0 Å². The Labute approximate surface area is 173 Å². The summed E-state index contributed by atoms with van der Waals surface area (Å²) < 4.78 is 5.72. The Hall–Kier alpha value is -4.05. The van der Waals surface area contributed by atoms with Crippen LogP contribution in [0.3, 0.4) is 0 Å². The van der Waals surface area contributed by atoms with Gasteiger partial charge in [0, 0.05) is 24.8 Å². The fourth-order valence-corrected chi connectivity index (χ4v) is 4.66. The number of nitrogens with two attached hydrogens (primary N) is 1. The number of amides is 2. The van der Waals surface area contributed by atoms with E-state index >= 15 is 0 Å². The van der Waals surface area contributed by atoms with Crippen molar-refractivity contribution >= 4 is 17.5 Å². The molecule has 0 radical (unpaired) electrons. The minimum absolute atomic E-state index is 0.0436. The van der Waals surface area contributed by atoms with Crippen molar-refractivity contribution in [1.82, 2.24) is 4.90 Å². The van der Waals surface area contributed by atoms with Crippen LogP contribution >= 0.6 is 0 Å². The van der Waals surface area contributed by atoms with Crippen LogP contribution in [0.2, 0.25) is 0 Å². The second-order valence-corrected chi connectivity index (χ2v) is 7.53. The molecular weight excluding hydrogens is 380 g/mol. The SMILES string of the molecule is CN1C(=O)C2(C(C#N)=C(N)OC3=C2C(=O)N(Cc2ccccc2)C3)c2ccccc21. The molecule has 2 N–H and O–H groups in total. The number of hydrogen-bond acceptors (Lipinski definition) is 5. The first-order chi connectivity index (χ1) is 14.5. The molecule has 148 valence electrons. The number of nitrogens with zero attached hydrogens (tertiary/aromatic N) is 3. The first-order valence-corrected chi connectivity index (χ1v) is 9.52. The van der Waals surface area contributed by atoms with Crippen molar-refractivity contribution in [1.29, 1.82) is 5.26 Å². The second-order valence-electron chi connectivity index (χ2n) is 7.53. The van der Waals surface area contributed by atoms with E-state index in [-0.39, 0.29) is 35.4 Å². The Kier molecular flexibility index (Phi) is 3.74. The number of carbonyl (C=O) groups excluding carboxylic acids is 2. The summed E-state index contributed by atoms with van der Waals surface area (Å²) in [6.07, 6.45) is 0. The highest BCUT2D eigenvalue weighted by atomic mass is 16.5. The molecular formula is C23H18N4O3. The van der Waals surface area contributed by atoms with Crippen molar-refractivity contribution in [2.24, 2.45) is 5.73 Å². The van der Waals surface area contributed by atoms with E-state index in [9.17, 15) is 14.9 Å². The summed E-state index contributed by atoms with van der Waals surface area (Å²) in [6, 6.07) is 18.8. The summed E-state index contributed by atoms with van der Waals surface area (Å²) >= 11 is 0. The van der Waals surface area contributed by atoms with E-state index in [0.717, 1.165) is 5.56 Å². The molecule has 3 aliphatic rings. The molecule has 1 unspecified atom stereocenters. The third kappa shape index (κ3) is 2.13. The van der Waals surface area contributed by atoms with Crippen LogP contribution in [0, 0.1) is 11.3 Å². The molecule has 30 heavy (non-hydrogen) atoms. The van der Waals surface area contributed by atoms with Crippen LogP contribution in [0.15, 0.2) is 77.4 Å². The Morgan fingerprint density at radius 1 is 1.13 bits per heavy atom. The summed E-state index contributed by atoms with van der Waals surface area (Å²) in [4.78, 5) is 30.3. The van der Waals surface area contributed by atoms with Crippen LogP contribution in [0.5, 0.6) is 0 Å². The fraction of sp³-hybridized carbons (Fsp3) is 0.174. The zero-order valence-electron chi connectivity index (χ0n) is 16.3. The van der Waals surface area contributed by atoms with Gasteiger partial charge < -0.3 is 20.3 Å². The third-order valence-corrected chi connectivity index (χ3v) is 5.97. The lowest BCUT2D eigenvalue weighted by atomic mass is 9.68. The largest absolute Gasteiger partial charge is 0.442 e. The van der Waals surface area contributed by atoms with Crippen molar-refractivity contribution in [3.63, 3.8) is 0 Å². The van der Waals surface area contributed by atoms with Crippen molar-refractivity contribution < 1.29 is 14.3 Å². The van der Waals surface area contributed by atoms with Gasteiger partial charge in [-0.3, -0.25) is 9.59 Å². The molecule has 1 spiro atoms. The fourth-order valence-electron chi connectivity index (χ4n) is 4.66. The van der Waals surface area contributed by atoms with Gasteiger partial charge in [-0.25, -0.2) is 0 Å². The van der Waals surface area contributed by atoms with E-state index in [4.69, 9.17) is 10.5 Å². The summed E-state index contributed by atoms with van der Waals surface area (Å²) in [5.74, 6) is -0.517. The summed E-state index contributed by atoms with van der Waals surface area (Å²) in [6.45, 7) is 0.545.